The predicted octanol–water partition coefficient (Wildman–Crippen LogP) is 2.18. The highest BCUT2D eigenvalue weighted by Crippen LogP contribution is 2.22. The molecule has 0 spiro atoms. The first-order valence-corrected chi connectivity index (χ1v) is 5.87. The molecule has 1 aromatic heterocycles. The first-order valence-electron chi connectivity index (χ1n) is 5.87. The number of piperidine rings is 1. The van der Waals surface area contributed by atoms with E-state index < -0.39 is 0 Å². The fourth-order valence-electron chi connectivity index (χ4n) is 1.55. The third-order valence-electron chi connectivity index (χ3n) is 2.69. The smallest absolute Gasteiger partial charge is 0.124 e. The molecule has 92 valence electrons. The van der Waals surface area contributed by atoms with Gasteiger partial charge in [-0.25, -0.2) is 0 Å². The summed E-state index contributed by atoms with van der Waals surface area (Å²) in [6.45, 7) is 6.22. The van der Waals surface area contributed by atoms with Crippen molar-refractivity contribution in [1.29, 1.82) is 0 Å². The third kappa shape index (κ3) is 4.77. The largest absolute Gasteiger partial charge is 0.382 e. The van der Waals surface area contributed by atoms with E-state index in [4.69, 9.17) is 9.26 Å². The van der Waals surface area contributed by atoms with Crippen LogP contribution in [0.5, 0.6) is 0 Å². The molecule has 0 atom stereocenters. The standard InChI is InChI=1S/C8H12N2O.C4H10O/c1-4-9-5-2-7(1)8-3-6-11-10-8;1-4(2)5-3/h3,6-7,9H,1-2,4-5H2;4H,1-3H3. The van der Waals surface area contributed by atoms with Crippen molar-refractivity contribution >= 4 is 0 Å². The molecule has 0 aromatic carbocycles. The molecule has 2 heterocycles. The Labute approximate surface area is 97.3 Å². The van der Waals surface area contributed by atoms with Crippen molar-refractivity contribution in [3.8, 4) is 0 Å². The minimum absolute atomic E-state index is 0.384. The first-order chi connectivity index (χ1) is 7.74. The van der Waals surface area contributed by atoms with Gasteiger partial charge in [0.25, 0.3) is 0 Å². The van der Waals surface area contributed by atoms with Crippen molar-refractivity contribution in [1.82, 2.24) is 10.5 Å². The lowest BCUT2D eigenvalue weighted by molar-refractivity contribution is 0.134. The second-order valence-electron chi connectivity index (χ2n) is 4.23. The van der Waals surface area contributed by atoms with Crippen LogP contribution in [0.25, 0.3) is 0 Å². The number of aromatic nitrogens is 1. The summed E-state index contributed by atoms with van der Waals surface area (Å²) in [5.74, 6) is 0.620. The zero-order chi connectivity index (χ0) is 11.8. The third-order valence-corrected chi connectivity index (χ3v) is 2.69. The van der Waals surface area contributed by atoms with Crippen LogP contribution in [-0.4, -0.2) is 31.5 Å². The number of hydrogen-bond acceptors (Lipinski definition) is 4. The Kier molecular flexibility index (Phi) is 6.11. The molecule has 0 aliphatic carbocycles. The zero-order valence-electron chi connectivity index (χ0n) is 10.4. The van der Waals surface area contributed by atoms with Crippen molar-refractivity contribution in [3.05, 3.63) is 18.0 Å². The van der Waals surface area contributed by atoms with Crippen LogP contribution in [0.4, 0.5) is 0 Å². The number of nitrogens with one attached hydrogen (secondary N) is 1. The van der Waals surface area contributed by atoms with Crippen molar-refractivity contribution in [2.45, 2.75) is 38.7 Å². The molecule has 1 aliphatic rings. The predicted molar refractivity (Wildman–Crippen MR) is 63.5 cm³/mol. The SMILES string of the molecule is COC(C)C.c1cc(C2CCNCC2)no1. The van der Waals surface area contributed by atoms with E-state index in [1.54, 1.807) is 13.4 Å². The fourth-order valence-corrected chi connectivity index (χ4v) is 1.55. The van der Waals surface area contributed by atoms with Crippen molar-refractivity contribution in [2.24, 2.45) is 0 Å². The molecule has 0 bridgehead atoms. The molecule has 1 N–H and O–H groups in total. The van der Waals surface area contributed by atoms with Gasteiger partial charge in [0.2, 0.25) is 0 Å². The van der Waals surface area contributed by atoms with E-state index in [0.717, 1.165) is 18.8 Å². The summed E-state index contributed by atoms with van der Waals surface area (Å²) in [6, 6.07) is 1.97. The quantitative estimate of drug-likeness (QED) is 0.839. The van der Waals surface area contributed by atoms with Crippen LogP contribution in [0.2, 0.25) is 0 Å². The van der Waals surface area contributed by atoms with E-state index in [9.17, 15) is 0 Å². The van der Waals surface area contributed by atoms with Gasteiger partial charge in [0.15, 0.2) is 0 Å². The highest BCUT2D eigenvalue weighted by Gasteiger charge is 2.16. The van der Waals surface area contributed by atoms with Crippen LogP contribution in [-0.2, 0) is 4.74 Å². The summed E-state index contributed by atoms with van der Waals surface area (Å²) in [6.07, 6.45) is 4.41. The van der Waals surface area contributed by atoms with Gasteiger partial charge in [-0.15, -0.1) is 0 Å². The minimum Gasteiger partial charge on any atom is -0.382 e. The second-order valence-corrected chi connectivity index (χ2v) is 4.23. The van der Waals surface area contributed by atoms with Crippen LogP contribution in [0.3, 0.4) is 0 Å². The Morgan fingerprint density at radius 3 is 2.50 bits per heavy atom. The molecule has 0 saturated carbocycles. The zero-order valence-corrected chi connectivity index (χ0v) is 10.4. The second kappa shape index (κ2) is 7.41. The summed E-state index contributed by atoms with van der Waals surface area (Å²) < 4.78 is 9.55. The van der Waals surface area contributed by atoms with Crippen molar-refractivity contribution < 1.29 is 9.26 Å². The summed E-state index contributed by atoms with van der Waals surface area (Å²) in [5, 5.41) is 7.26. The summed E-state index contributed by atoms with van der Waals surface area (Å²) in [4.78, 5) is 0. The molecule has 0 radical (unpaired) electrons. The molecular formula is C12H22N2O2. The number of hydrogen-bond donors (Lipinski definition) is 1. The van der Waals surface area contributed by atoms with Gasteiger partial charge in [-0.3, -0.25) is 0 Å². The topological polar surface area (TPSA) is 47.3 Å². The first kappa shape index (κ1) is 13.2. The van der Waals surface area contributed by atoms with Crippen LogP contribution in [0, 0.1) is 0 Å². The van der Waals surface area contributed by atoms with E-state index in [1.165, 1.54) is 12.8 Å². The Balaban J connectivity index is 0.000000221. The van der Waals surface area contributed by atoms with Gasteiger partial charge in [-0.1, -0.05) is 5.16 Å². The average molecular weight is 226 g/mol. The Morgan fingerprint density at radius 1 is 1.44 bits per heavy atom. The monoisotopic (exact) mass is 226 g/mol. The summed E-state index contributed by atoms with van der Waals surface area (Å²) in [5.41, 5.74) is 1.12. The molecule has 1 aromatic rings. The molecule has 0 unspecified atom stereocenters. The number of rotatable bonds is 2. The lowest BCUT2D eigenvalue weighted by atomic mass is 9.95. The maximum absolute atomic E-state index is 4.80. The van der Waals surface area contributed by atoms with Gasteiger partial charge in [-0.2, -0.15) is 0 Å². The molecular weight excluding hydrogens is 204 g/mol. The molecule has 4 heteroatoms. The molecule has 2 rings (SSSR count). The van der Waals surface area contributed by atoms with Crippen LogP contribution in [0.1, 0.15) is 38.3 Å². The van der Waals surface area contributed by atoms with Crippen LogP contribution in [0.15, 0.2) is 16.9 Å². The van der Waals surface area contributed by atoms with Crippen molar-refractivity contribution in [3.63, 3.8) is 0 Å². The van der Waals surface area contributed by atoms with E-state index in [-0.39, 0.29) is 0 Å². The highest BCUT2D eigenvalue weighted by molar-refractivity contribution is 5.05. The maximum Gasteiger partial charge on any atom is 0.124 e. The molecule has 0 amide bonds. The Morgan fingerprint density at radius 2 is 2.06 bits per heavy atom. The van der Waals surface area contributed by atoms with Gasteiger partial charge in [0.05, 0.1) is 11.8 Å². The van der Waals surface area contributed by atoms with Crippen LogP contribution >= 0.6 is 0 Å². The van der Waals surface area contributed by atoms with E-state index in [2.05, 4.69) is 10.5 Å². The maximum atomic E-state index is 4.80. The molecule has 1 fully saturated rings. The number of methoxy groups -OCH3 is 1. The van der Waals surface area contributed by atoms with Gasteiger partial charge in [0.1, 0.15) is 6.26 Å². The minimum atomic E-state index is 0.384. The van der Waals surface area contributed by atoms with Crippen LogP contribution < -0.4 is 5.32 Å². The summed E-state index contributed by atoms with van der Waals surface area (Å²) in [7, 11) is 1.70. The number of ether oxygens (including phenoxy) is 1. The van der Waals surface area contributed by atoms with Gasteiger partial charge < -0.3 is 14.6 Å². The molecule has 1 aliphatic heterocycles. The van der Waals surface area contributed by atoms with E-state index >= 15 is 0 Å². The molecule has 1 saturated heterocycles. The highest BCUT2D eigenvalue weighted by atomic mass is 16.5. The molecule has 4 nitrogen and oxygen atoms in total. The Bertz CT molecular complexity index is 254. The lowest BCUT2D eigenvalue weighted by Gasteiger charge is -2.19. The summed E-state index contributed by atoms with van der Waals surface area (Å²) >= 11 is 0. The van der Waals surface area contributed by atoms with E-state index in [0.29, 0.717) is 12.0 Å². The van der Waals surface area contributed by atoms with Gasteiger partial charge in [0, 0.05) is 19.1 Å². The van der Waals surface area contributed by atoms with Gasteiger partial charge in [-0.05, 0) is 39.8 Å². The number of nitrogens with zero attached hydrogens (tertiary/aromatic N) is 1. The fraction of sp³-hybridized carbons (Fsp3) is 0.750. The normalized spacial score (nSPS) is 17.0. The molecule has 16 heavy (non-hydrogen) atoms. The average Bonchev–Trinajstić information content (AvgIpc) is 2.84. The van der Waals surface area contributed by atoms with Crippen molar-refractivity contribution in [2.75, 3.05) is 20.2 Å². The van der Waals surface area contributed by atoms with E-state index in [1.807, 2.05) is 19.9 Å². The van der Waals surface area contributed by atoms with Gasteiger partial charge >= 0.3 is 0 Å². The lowest BCUT2D eigenvalue weighted by Crippen LogP contribution is -2.26. The Hall–Kier alpha value is -0.870.